The summed E-state index contributed by atoms with van der Waals surface area (Å²) < 4.78 is 0. The lowest BCUT2D eigenvalue weighted by molar-refractivity contribution is -0.119. The van der Waals surface area contributed by atoms with Gasteiger partial charge >= 0.3 is 0 Å². The molecule has 0 atom stereocenters. The van der Waals surface area contributed by atoms with Gasteiger partial charge < -0.3 is 10.6 Å². The number of nitrogens with one attached hydrogen (secondary N) is 1. The third kappa shape index (κ3) is 3.54. The van der Waals surface area contributed by atoms with Gasteiger partial charge in [-0.2, -0.15) is 0 Å². The summed E-state index contributed by atoms with van der Waals surface area (Å²) in [6, 6.07) is -0.141. The number of aromatic amines is 1. The van der Waals surface area contributed by atoms with Crippen molar-refractivity contribution in [2.75, 3.05) is 6.54 Å². The van der Waals surface area contributed by atoms with Gasteiger partial charge in [-0.1, -0.05) is 6.92 Å². The van der Waals surface area contributed by atoms with Crippen molar-refractivity contribution in [3.63, 3.8) is 0 Å². The van der Waals surface area contributed by atoms with E-state index in [2.05, 4.69) is 15.2 Å². The molecule has 0 aliphatic carbocycles. The third-order valence-corrected chi connectivity index (χ3v) is 2.42. The predicted molar refractivity (Wildman–Crippen MR) is 65.7 cm³/mol. The zero-order chi connectivity index (χ0) is 13.7. The Bertz CT molecular complexity index is 427. The van der Waals surface area contributed by atoms with Gasteiger partial charge in [0.05, 0.1) is 6.54 Å². The molecule has 3 N–H and O–H groups in total. The highest BCUT2D eigenvalue weighted by molar-refractivity contribution is 5.93. The highest BCUT2D eigenvalue weighted by Crippen LogP contribution is 2.05. The summed E-state index contributed by atoms with van der Waals surface area (Å²) in [6.07, 6.45) is 1.65. The van der Waals surface area contributed by atoms with E-state index in [4.69, 9.17) is 5.73 Å². The molecule has 0 bridgehead atoms. The minimum absolute atomic E-state index is 0.0772. The molecule has 1 aromatic rings. The number of H-pyrrole nitrogens is 1. The van der Waals surface area contributed by atoms with Crippen LogP contribution in [0.2, 0.25) is 0 Å². The van der Waals surface area contributed by atoms with Crippen LogP contribution in [0.15, 0.2) is 0 Å². The second-order valence-electron chi connectivity index (χ2n) is 4.35. The van der Waals surface area contributed by atoms with Crippen molar-refractivity contribution in [3.05, 3.63) is 11.6 Å². The lowest BCUT2D eigenvalue weighted by Gasteiger charge is -2.23. The highest BCUT2D eigenvalue weighted by Gasteiger charge is 2.23. The van der Waals surface area contributed by atoms with Crippen LogP contribution in [0.5, 0.6) is 0 Å². The molecule has 0 saturated carbocycles. The van der Waals surface area contributed by atoms with Crippen molar-refractivity contribution in [1.29, 1.82) is 0 Å². The second-order valence-corrected chi connectivity index (χ2v) is 4.35. The van der Waals surface area contributed by atoms with Gasteiger partial charge in [-0.3, -0.25) is 14.7 Å². The SMILES string of the molecule is CCCc1nc(C(=O)N(CC(N)=O)C(C)C)n[nH]1. The van der Waals surface area contributed by atoms with Crippen molar-refractivity contribution in [2.45, 2.75) is 39.7 Å². The third-order valence-electron chi connectivity index (χ3n) is 2.42. The minimum Gasteiger partial charge on any atom is -0.368 e. The number of nitrogens with zero attached hydrogens (tertiary/aromatic N) is 3. The average molecular weight is 253 g/mol. The number of aryl methyl sites for hydroxylation is 1. The Kier molecular flexibility index (Phi) is 4.82. The van der Waals surface area contributed by atoms with Crippen LogP contribution >= 0.6 is 0 Å². The Labute approximate surface area is 106 Å². The summed E-state index contributed by atoms with van der Waals surface area (Å²) in [5, 5.41) is 6.58. The van der Waals surface area contributed by atoms with Crippen molar-refractivity contribution >= 4 is 11.8 Å². The first kappa shape index (κ1) is 14.1. The first-order chi connectivity index (χ1) is 8.45. The summed E-state index contributed by atoms with van der Waals surface area (Å²) >= 11 is 0. The molecule has 0 radical (unpaired) electrons. The normalized spacial score (nSPS) is 10.7. The Balaban J connectivity index is 2.84. The molecule has 1 rings (SSSR count). The zero-order valence-corrected chi connectivity index (χ0v) is 10.9. The van der Waals surface area contributed by atoms with Gasteiger partial charge in [0.2, 0.25) is 11.7 Å². The molecule has 0 aromatic carbocycles. The number of aromatic nitrogens is 3. The molecular weight excluding hydrogens is 234 g/mol. The Hall–Kier alpha value is -1.92. The van der Waals surface area contributed by atoms with E-state index in [1.807, 2.05) is 6.92 Å². The van der Waals surface area contributed by atoms with Crippen molar-refractivity contribution in [2.24, 2.45) is 5.73 Å². The summed E-state index contributed by atoms with van der Waals surface area (Å²) in [5.74, 6) is -0.194. The predicted octanol–water partition coefficient (Wildman–Crippen LogP) is 0.0931. The van der Waals surface area contributed by atoms with E-state index in [9.17, 15) is 9.59 Å². The number of hydrogen-bond acceptors (Lipinski definition) is 4. The monoisotopic (exact) mass is 253 g/mol. The number of rotatable bonds is 6. The van der Waals surface area contributed by atoms with Crippen molar-refractivity contribution in [3.8, 4) is 0 Å². The van der Waals surface area contributed by atoms with Gasteiger partial charge in [-0.25, -0.2) is 4.98 Å². The maximum atomic E-state index is 12.1. The van der Waals surface area contributed by atoms with E-state index >= 15 is 0 Å². The van der Waals surface area contributed by atoms with Gasteiger partial charge in [-0.05, 0) is 20.3 Å². The highest BCUT2D eigenvalue weighted by atomic mass is 16.2. The topological polar surface area (TPSA) is 105 Å². The number of nitrogens with two attached hydrogens (primary N) is 1. The van der Waals surface area contributed by atoms with E-state index < -0.39 is 5.91 Å². The summed E-state index contributed by atoms with van der Waals surface area (Å²) in [5.41, 5.74) is 5.12. The quantitative estimate of drug-likeness (QED) is 0.749. The summed E-state index contributed by atoms with van der Waals surface area (Å²) in [4.78, 5) is 28.5. The van der Waals surface area contributed by atoms with Gasteiger partial charge in [0.1, 0.15) is 5.82 Å². The zero-order valence-electron chi connectivity index (χ0n) is 10.9. The standard InChI is InChI=1S/C11H19N5O2/c1-4-5-9-13-10(15-14-9)11(18)16(7(2)3)6-8(12)17/h7H,4-6H2,1-3H3,(H2,12,17)(H,13,14,15). The molecule has 1 aromatic heterocycles. The largest absolute Gasteiger partial charge is 0.368 e. The van der Waals surface area contributed by atoms with Crippen LogP contribution in [0, 0.1) is 0 Å². The van der Waals surface area contributed by atoms with Gasteiger partial charge in [0.15, 0.2) is 0 Å². The smallest absolute Gasteiger partial charge is 0.294 e. The van der Waals surface area contributed by atoms with Crippen LogP contribution in [-0.2, 0) is 11.2 Å². The average Bonchev–Trinajstić information content (AvgIpc) is 2.73. The lowest BCUT2D eigenvalue weighted by Crippen LogP contribution is -2.43. The molecule has 2 amide bonds. The second kappa shape index (κ2) is 6.13. The molecule has 1 heterocycles. The Morgan fingerprint density at radius 3 is 2.61 bits per heavy atom. The summed E-state index contributed by atoms with van der Waals surface area (Å²) in [6.45, 7) is 5.49. The number of amides is 2. The molecule has 7 heteroatoms. The van der Waals surface area contributed by atoms with Crippen LogP contribution in [0.4, 0.5) is 0 Å². The molecule has 0 spiro atoms. The first-order valence-corrected chi connectivity index (χ1v) is 5.96. The van der Waals surface area contributed by atoms with Crippen LogP contribution < -0.4 is 5.73 Å². The molecule has 0 aliphatic rings. The van der Waals surface area contributed by atoms with Gasteiger partial charge in [-0.15, -0.1) is 5.10 Å². The van der Waals surface area contributed by atoms with Crippen molar-refractivity contribution < 1.29 is 9.59 Å². The van der Waals surface area contributed by atoms with Crippen molar-refractivity contribution in [1.82, 2.24) is 20.1 Å². The fraction of sp³-hybridized carbons (Fsp3) is 0.636. The fourth-order valence-electron chi connectivity index (χ4n) is 1.52. The Morgan fingerprint density at radius 1 is 1.44 bits per heavy atom. The molecule has 18 heavy (non-hydrogen) atoms. The van der Waals surface area contributed by atoms with Crippen LogP contribution in [0.1, 0.15) is 43.6 Å². The Morgan fingerprint density at radius 2 is 2.11 bits per heavy atom. The fourth-order valence-corrected chi connectivity index (χ4v) is 1.52. The van der Waals surface area contributed by atoms with E-state index in [-0.39, 0.29) is 24.3 Å². The maximum Gasteiger partial charge on any atom is 0.294 e. The lowest BCUT2D eigenvalue weighted by atomic mass is 10.3. The van der Waals surface area contributed by atoms with Crippen LogP contribution in [0.3, 0.4) is 0 Å². The summed E-state index contributed by atoms with van der Waals surface area (Å²) in [7, 11) is 0. The number of hydrogen-bond donors (Lipinski definition) is 2. The molecule has 7 nitrogen and oxygen atoms in total. The molecular formula is C11H19N5O2. The van der Waals surface area contributed by atoms with E-state index in [1.165, 1.54) is 4.90 Å². The molecule has 100 valence electrons. The molecule has 0 aliphatic heterocycles. The molecule has 0 unspecified atom stereocenters. The molecule has 0 saturated heterocycles. The number of carbonyl (C=O) groups is 2. The van der Waals surface area contributed by atoms with Crippen LogP contribution in [-0.4, -0.2) is 44.5 Å². The molecule has 0 fully saturated rings. The maximum absolute atomic E-state index is 12.1. The van der Waals surface area contributed by atoms with E-state index in [1.54, 1.807) is 13.8 Å². The van der Waals surface area contributed by atoms with E-state index in [0.717, 1.165) is 12.8 Å². The number of primary amides is 1. The number of carbonyl (C=O) groups excluding carboxylic acids is 2. The minimum atomic E-state index is -0.554. The van der Waals surface area contributed by atoms with Gasteiger partial charge in [0, 0.05) is 12.5 Å². The van der Waals surface area contributed by atoms with E-state index in [0.29, 0.717) is 5.82 Å². The first-order valence-electron chi connectivity index (χ1n) is 5.96. The van der Waals surface area contributed by atoms with Crippen LogP contribution in [0.25, 0.3) is 0 Å². The van der Waals surface area contributed by atoms with Gasteiger partial charge in [0.25, 0.3) is 5.91 Å².